The van der Waals surface area contributed by atoms with Crippen LogP contribution in [0.25, 0.3) is 0 Å². The van der Waals surface area contributed by atoms with E-state index in [1.54, 1.807) is 6.07 Å². The number of nitrogens with zero attached hydrogens (tertiary/aromatic N) is 1. The molecule has 0 bridgehead atoms. The number of benzene rings is 1. The number of nitro groups is 1. The van der Waals surface area contributed by atoms with Gasteiger partial charge in [-0.3, -0.25) is 10.1 Å². The fourth-order valence-electron chi connectivity index (χ4n) is 1.04. The standard InChI is InChI=1S/C8H10N2O3.H3N/c9-8-5-7(10(12)13)2-1-6(8)3-4-11;/h1-2,5,11H,3-4,9H2;1H3. The molecule has 14 heavy (non-hydrogen) atoms. The molecule has 1 rings (SSSR count). The van der Waals surface area contributed by atoms with Crippen LogP contribution in [-0.2, 0) is 6.42 Å². The molecule has 6 nitrogen and oxygen atoms in total. The Kier molecular flexibility index (Phi) is 4.54. The summed E-state index contributed by atoms with van der Waals surface area (Å²) in [7, 11) is 0. The van der Waals surface area contributed by atoms with Crippen LogP contribution < -0.4 is 11.9 Å². The van der Waals surface area contributed by atoms with Crippen LogP contribution >= 0.6 is 0 Å². The average Bonchev–Trinajstić information content (AvgIpc) is 2.08. The van der Waals surface area contributed by atoms with Gasteiger partial charge in [0.05, 0.1) is 4.92 Å². The number of rotatable bonds is 3. The molecule has 0 aliphatic carbocycles. The highest BCUT2D eigenvalue weighted by atomic mass is 16.6. The second-order valence-corrected chi connectivity index (χ2v) is 2.61. The van der Waals surface area contributed by atoms with Crippen molar-refractivity contribution < 1.29 is 10.0 Å². The zero-order valence-electron chi connectivity index (χ0n) is 7.64. The lowest BCUT2D eigenvalue weighted by Crippen LogP contribution is -1.98. The van der Waals surface area contributed by atoms with Crippen molar-refractivity contribution >= 4 is 11.4 Å². The van der Waals surface area contributed by atoms with Crippen molar-refractivity contribution in [3.8, 4) is 0 Å². The van der Waals surface area contributed by atoms with Crippen LogP contribution in [0.4, 0.5) is 11.4 Å². The summed E-state index contributed by atoms with van der Waals surface area (Å²) >= 11 is 0. The third-order valence-corrected chi connectivity index (χ3v) is 1.72. The molecule has 1 aromatic carbocycles. The molecule has 6 N–H and O–H groups in total. The molecule has 0 aromatic heterocycles. The van der Waals surface area contributed by atoms with E-state index in [2.05, 4.69) is 0 Å². The van der Waals surface area contributed by atoms with Gasteiger partial charge in [-0.05, 0) is 12.0 Å². The second kappa shape index (κ2) is 5.15. The SMILES string of the molecule is N.Nc1cc([N+](=O)[O-])ccc1CCO. The first kappa shape index (κ1) is 12.3. The minimum Gasteiger partial charge on any atom is -0.398 e. The maximum atomic E-state index is 10.3. The number of nitro benzene ring substituents is 1. The Balaban J connectivity index is 0.00000169. The van der Waals surface area contributed by atoms with Gasteiger partial charge >= 0.3 is 0 Å². The smallest absolute Gasteiger partial charge is 0.271 e. The van der Waals surface area contributed by atoms with E-state index in [9.17, 15) is 10.1 Å². The number of nitrogens with two attached hydrogens (primary N) is 1. The van der Waals surface area contributed by atoms with E-state index in [0.717, 1.165) is 5.56 Å². The molecular formula is C8H13N3O3. The summed E-state index contributed by atoms with van der Waals surface area (Å²) in [5, 5.41) is 19.0. The number of hydrogen-bond donors (Lipinski definition) is 3. The van der Waals surface area contributed by atoms with Gasteiger partial charge in [-0.2, -0.15) is 0 Å². The number of aliphatic hydroxyl groups excluding tert-OH is 1. The van der Waals surface area contributed by atoms with E-state index in [0.29, 0.717) is 12.1 Å². The zero-order chi connectivity index (χ0) is 9.84. The highest BCUT2D eigenvalue weighted by molar-refractivity contribution is 5.53. The van der Waals surface area contributed by atoms with E-state index < -0.39 is 4.92 Å². The third-order valence-electron chi connectivity index (χ3n) is 1.72. The summed E-state index contributed by atoms with van der Waals surface area (Å²) < 4.78 is 0. The molecule has 0 saturated heterocycles. The maximum Gasteiger partial charge on any atom is 0.271 e. The number of non-ortho nitro benzene ring substituents is 1. The summed E-state index contributed by atoms with van der Waals surface area (Å²) in [6.07, 6.45) is 0.420. The van der Waals surface area contributed by atoms with Crippen LogP contribution in [0.2, 0.25) is 0 Å². The molecule has 1 aromatic rings. The summed E-state index contributed by atoms with van der Waals surface area (Å²) in [5.74, 6) is 0. The van der Waals surface area contributed by atoms with E-state index in [4.69, 9.17) is 10.8 Å². The molecule has 0 fully saturated rings. The second-order valence-electron chi connectivity index (χ2n) is 2.61. The van der Waals surface area contributed by atoms with Gasteiger partial charge in [0, 0.05) is 24.4 Å². The Morgan fingerprint density at radius 2 is 2.14 bits per heavy atom. The largest absolute Gasteiger partial charge is 0.398 e. The molecule has 0 saturated carbocycles. The first-order valence-electron chi connectivity index (χ1n) is 3.79. The fraction of sp³-hybridized carbons (Fsp3) is 0.250. The first-order chi connectivity index (χ1) is 6.15. The van der Waals surface area contributed by atoms with Gasteiger partial charge in [0.15, 0.2) is 0 Å². The monoisotopic (exact) mass is 199 g/mol. The molecule has 0 spiro atoms. The Labute approximate surface area is 81.1 Å². The third kappa shape index (κ3) is 2.68. The Bertz CT molecular complexity index is 328. The number of hydrogen-bond acceptors (Lipinski definition) is 5. The molecule has 0 heterocycles. The Morgan fingerprint density at radius 1 is 1.50 bits per heavy atom. The number of anilines is 1. The fourth-order valence-corrected chi connectivity index (χ4v) is 1.04. The Morgan fingerprint density at radius 3 is 2.57 bits per heavy atom. The first-order valence-corrected chi connectivity index (χ1v) is 3.79. The maximum absolute atomic E-state index is 10.3. The summed E-state index contributed by atoms with van der Waals surface area (Å²) in [5.41, 5.74) is 6.58. The van der Waals surface area contributed by atoms with Gasteiger partial charge in [-0.1, -0.05) is 6.07 Å². The average molecular weight is 199 g/mol. The van der Waals surface area contributed by atoms with E-state index >= 15 is 0 Å². The van der Waals surface area contributed by atoms with Crippen LogP contribution in [0, 0.1) is 10.1 Å². The van der Waals surface area contributed by atoms with Crippen molar-refractivity contribution in [2.24, 2.45) is 0 Å². The van der Waals surface area contributed by atoms with Gasteiger partial charge < -0.3 is 17.0 Å². The molecule has 0 aliphatic heterocycles. The molecule has 78 valence electrons. The lowest BCUT2D eigenvalue weighted by molar-refractivity contribution is -0.384. The predicted molar refractivity (Wildman–Crippen MR) is 53.3 cm³/mol. The highest BCUT2D eigenvalue weighted by Gasteiger charge is 2.07. The number of nitrogen functional groups attached to an aromatic ring is 1. The zero-order valence-corrected chi connectivity index (χ0v) is 7.64. The molecule has 6 heteroatoms. The topological polar surface area (TPSA) is 124 Å². The van der Waals surface area contributed by atoms with Crippen molar-refractivity contribution in [1.29, 1.82) is 0 Å². The van der Waals surface area contributed by atoms with E-state index in [1.165, 1.54) is 12.1 Å². The molecule has 0 aliphatic rings. The normalized spacial score (nSPS) is 9.21. The van der Waals surface area contributed by atoms with Gasteiger partial charge in [0.1, 0.15) is 0 Å². The molecular weight excluding hydrogens is 186 g/mol. The quantitative estimate of drug-likeness (QED) is 0.378. The van der Waals surface area contributed by atoms with E-state index in [-0.39, 0.29) is 18.4 Å². The van der Waals surface area contributed by atoms with Crippen LogP contribution in [0.3, 0.4) is 0 Å². The van der Waals surface area contributed by atoms with E-state index in [1.807, 2.05) is 0 Å². The van der Waals surface area contributed by atoms with Crippen molar-refractivity contribution in [1.82, 2.24) is 6.15 Å². The molecule has 0 atom stereocenters. The van der Waals surface area contributed by atoms with Crippen LogP contribution in [-0.4, -0.2) is 16.6 Å². The van der Waals surface area contributed by atoms with Crippen molar-refractivity contribution in [2.75, 3.05) is 12.3 Å². The summed E-state index contributed by atoms with van der Waals surface area (Å²) in [6.45, 7) is -0.0119. The lowest BCUT2D eigenvalue weighted by atomic mass is 10.1. The number of aliphatic hydroxyl groups is 1. The highest BCUT2D eigenvalue weighted by Crippen LogP contribution is 2.19. The predicted octanol–water partition coefficient (Wildman–Crippen LogP) is 0.874. The molecule has 0 radical (unpaired) electrons. The lowest BCUT2D eigenvalue weighted by Gasteiger charge is -2.02. The van der Waals surface area contributed by atoms with Crippen molar-refractivity contribution in [2.45, 2.75) is 6.42 Å². The molecule has 0 amide bonds. The van der Waals surface area contributed by atoms with Crippen molar-refractivity contribution in [3.05, 3.63) is 33.9 Å². The Hall–Kier alpha value is -1.66. The summed E-state index contributed by atoms with van der Waals surface area (Å²) in [6, 6.07) is 4.23. The van der Waals surface area contributed by atoms with Crippen molar-refractivity contribution in [3.63, 3.8) is 0 Å². The molecule has 0 unspecified atom stereocenters. The van der Waals surface area contributed by atoms with Gasteiger partial charge in [0.25, 0.3) is 5.69 Å². The van der Waals surface area contributed by atoms with Gasteiger partial charge in [0.2, 0.25) is 0 Å². The minimum absolute atomic E-state index is 0. The minimum atomic E-state index is -0.501. The summed E-state index contributed by atoms with van der Waals surface area (Å²) in [4.78, 5) is 9.82. The van der Waals surface area contributed by atoms with Crippen LogP contribution in [0.1, 0.15) is 5.56 Å². The van der Waals surface area contributed by atoms with Gasteiger partial charge in [-0.25, -0.2) is 0 Å². The van der Waals surface area contributed by atoms with Crippen LogP contribution in [0.5, 0.6) is 0 Å². The van der Waals surface area contributed by atoms with Crippen LogP contribution in [0.15, 0.2) is 18.2 Å². The van der Waals surface area contributed by atoms with Gasteiger partial charge in [-0.15, -0.1) is 0 Å².